The second kappa shape index (κ2) is 8.04. The number of guanidine groups is 1. The van der Waals surface area contributed by atoms with Crippen molar-refractivity contribution < 1.29 is 4.74 Å². The highest BCUT2D eigenvalue weighted by Gasteiger charge is 2.36. The van der Waals surface area contributed by atoms with Gasteiger partial charge >= 0.3 is 0 Å². The molecule has 4 nitrogen and oxygen atoms in total. The van der Waals surface area contributed by atoms with Crippen molar-refractivity contribution in [3.05, 3.63) is 29.8 Å². The summed E-state index contributed by atoms with van der Waals surface area (Å²) in [6, 6.07) is 8.89. The van der Waals surface area contributed by atoms with E-state index >= 15 is 0 Å². The zero-order valence-electron chi connectivity index (χ0n) is 13.3. The lowest BCUT2D eigenvalue weighted by molar-refractivity contribution is 0.235. The van der Waals surface area contributed by atoms with Crippen molar-refractivity contribution in [2.45, 2.75) is 44.8 Å². The number of nitrogens with zero attached hydrogens (tertiary/aromatic N) is 1. The van der Waals surface area contributed by atoms with E-state index in [1.54, 1.807) is 0 Å². The maximum Gasteiger partial charge on any atom is 0.191 e. The van der Waals surface area contributed by atoms with E-state index in [9.17, 15) is 0 Å². The van der Waals surface area contributed by atoms with Crippen molar-refractivity contribution in [1.82, 2.24) is 10.6 Å². The fourth-order valence-corrected chi connectivity index (χ4v) is 3.06. The van der Waals surface area contributed by atoms with E-state index in [-0.39, 0.29) is 30.1 Å². The molecule has 0 amide bonds. The van der Waals surface area contributed by atoms with E-state index in [2.05, 4.69) is 34.7 Å². The molecule has 1 aromatic carbocycles. The van der Waals surface area contributed by atoms with Crippen LogP contribution in [0.25, 0.3) is 0 Å². The van der Waals surface area contributed by atoms with E-state index < -0.39 is 0 Å². The van der Waals surface area contributed by atoms with Crippen molar-refractivity contribution >= 4 is 29.9 Å². The number of aliphatic imine (C=N–C) groups is 1. The van der Waals surface area contributed by atoms with Crippen LogP contribution in [0.15, 0.2) is 29.3 Å². The third-order valence-electron chi connectivity index (χ3n) is 4.34. The summed E-state index contributed by atoms with van der Waals surface area (Å²) in [7, 11) is 1.83. The van der Waals surface area contributed by atoms with Crippen molar-refractivity contribution in [3.63, 3.8) is 0 Å². The largest absolute Gasteiger partial charge is 0.488 e. The van der Waals surface area contributed by atoms with E-state index in [1.807, 2.05) is 19.2 Å². The highest BCUT2D eigenvalue weighted by Crippen LogP contribution is 2.34. The van der Waals surface area contributed by atoms with Gasteiger partial charge in [0.2, 0.25) is 0 Å². The SMILES string of the molecule is CCCC1CC1NC(=NC)NCC1Cc2ccccc2O1.I. The van der Waals surface area contributed by atoms with Crippen LogP contribution in [0, 0.1) is 5.92 Å². The number of ether oxygens (including phenoxy) is 1. The standard InChI is InChI=1S/C17H25N3O.HI/c1-3-6-12-10-15(12)20-17(18-2)19-11-14-9-13-7-4-5-8-16(13)21-14;/h4-5,7-8,12,14-15H,3,6,9-11H2,1-2H3,(H2,18,19,20);1H. The van der Waals surface area contributed by atoms with Crippen LogP contribution in [0.3, 0.4) is 0 Å². The molecule has 0 spiro atoms. The number of rotatable bonds is 5. The fraction of sp³-hybridized carbons (Fsp3) is 0.588. The molecule has 1 heterocycles. The Morgan fingerprint density at radius 3 is 2.91 bits per heavy atom. The predicted octanol–water partition coefficient (Wildman–Crippen LogP) is 2.96. The Morgan fingerprint density at radius 1 is 1.36 bits per heavy atom. The molecule has 1 saturated carbocycles. The van der Waals surface area contributed by atoms with Gasteiger partial charge in [-0.1, -0.05) is 31.5 Å². The van der Waals surface area contributed by atoms with Gasteiger partial charge in [-0.15, -0.1) is 24.0 Å². The third-order valence-corrected chi connectivity index (χ3v) is 4.34. The molecule has 5 heteroatoms. The second-order valence-corrected chi connectivity index (χ2v) is 6.04. The van der Waals surface area contributed by atoms with Crippen molar-refractivity contribution in [2.75, 3.05) is 13.6 Å². The van der Waals surface area contributed by atoms with Crippen LogP contribution in [-0.2, 0) is 6.42 Å². The number of benzene rings is 1. The molecule has 122 valence electrons. The zero-order valence-corrected chi connectivity index (χ0v) is 15.7. The molecule has 3 atom stereocenters. The first-order valence-electron chi connectivity index (χ1n) is 8.02. The summed E-state index contributed by atoms with van der Waals surface area (Å²) in [4.78, 5) is 4.31. The summed E-state index contributed by atoms with van der Waals surface area (Å²) < 4.78 is 5.94. The van der Waals surface area contributed by atoms with Crippen LogP contribution in [0.4, 0.5) is 0 Å². The third kappa shape index (κ3) is 4.27. The fourth-order valence-electron chi connectivity index (χ4n) is 3.06. The van der Waals surface area contributed by atoms with Crippen molar-refractivity contribution in [3.8, 4) is 5.75 Å². The minimum atomic E-state index is 0. The molecule has 0 saturated heterocycles. The molecule has 3 rings (SSSR count). The number of para-hydroxylation sites is 1. The lowest BCUT2D eigenvalue weighted by atomic mass is 10.1. The van der Waals surface area contributed by atoms with E-state index in [1.165, 1.54) is 24.8 Å². The molecule has 0 radical (unpaired) electrons. The van der Waals surface area contributed by atoms with Gasteiger partial charge in [-0.25, -0.2) is 0 Å². The number of nitrogens with one attached hydrogen (secondary N) is 2. The molecular weight excluding hydrogens is 389 g/mol. The molecule has 1 aliphatic carbocycles. The van der Waals surface area contributed by atoms with Crippen LogP contribution in [0.5, 0.6) is 5.75 Å². The normalized spacial score (nSPS) is 25.7. The van der Waals surface area contributed by atoms with Gasteiger partial charge in [-0.3, -0.25) is 4.99 Å². The first kappa shape index (κ1) is 17.4. The van der Waals surface area contributed by atoms with Gasteiger partial charge < -0.3 is 15.4 Å². The van der Waals surface area contributed by atoms with E-state index in [0.29, 0.717) is 6.04 Å². The Morgan fingerprint density at radius 2 is 2.18 bits per heavy atom. The maximum absolute atomic E-state index is 5.94. The monoisotopic (exact) mass is 415 g/mol. The molecule has 1 aromatic rings. The Kier molecular flexibility index (Phi) is 6.35. The smallest absolute Gasteiger partial charge is 0.191 e. The lowest BCUT2D eigenvalue weighted by Crippen LogP contribution is -2.43. The van der Waals surface area contributed by atoms with Gasteiger partial charge in [0.05, 0.1) is 6.54 Å². The number of hydrogen-bond donors (Lipinski definition) is 2. The highest BCUT2D eigenvalue weighted by molar-refractivity contribution is 14.0. The van der Waals surface area contributed by atoms with Crippen LogP contribution in [0.2, 0.25) is 0 Å². The summed E-state index contributed by atoms with van der Waals surface area (Å²) in [5.74, 6) is 2.76. The molecule has 22 heavy (non-hydrogen) atoms. The summed E-state index contributed by atoms with van der Waals surface area (Å²) in [6.45, 7) is 3.04. The number of halogens is 1. The molecule has 1 aliphatic heterocycles. The van der Waals surface area contributed by atoms with Gasteiger partial charge in [-0.05, 0) is 30.4 Å². The Balaban J connectivity index is 0.00000176. The van der Waals surface area contributed by atoms with Gasteiger partial charge in [-0.2, -0.15) is 0 Å². The van der Waals surface area contributed by atoms with E-state index in [0.717, 1.165) is 30.6 Å². The molecular formula is C17H26IN3O. The van der Waals surface area contributed by atoms with Crippen LogP contribution in [0.1, 0.15) is 31.7 Å². The lowest BCUT2D eigenvalue weighted by Gasteiger charge is -2.15. The first-order valence-corrected chi connectivity index (χ1v) is 8.02. The van der Waals surface area contributed by atoms with E-state index in [4.69, 9.17) is 4.74 Å². The molecule has 0 aromatic heterocycles. The summed E-state index contributed by atoms with van der Waals surface area (Å²) in [5.41, 5.74) is 1.30. The van der Waals surface area contributed by atoms with Crippen LogP contribution >= 0.6 is 24.0 Å². The summed E-state index contributed by atoms with van der Waals surface area (Å²) in [5, 5.41) is 6.90. The summed E-state index contributed by atoms with van der Waals surface area (Å²) in [6.07, 6.45) is 5.03. The molecule has 3 unspecified atom stereocenters. The minimum absolute atomic E-state index is 0. The average molecular weight is 415 g/mol. The number of hydrogen-bond acceptors (Lipinski definition) is 2. The summed E-state index contributed by atoms with van der Waals surface area (Å²) >= 11 is 0. The zero-order chi connectivity index (χ0) is 14.7. The molecule has 0 bridgehead atoms. The highest BCUT2D eigenvalue weighted by atomic mass is 127. The van der Waals surface area contributed by atoms with Crippen molar-refractivity contribution in [1.29, 1.82) is 0 Å². The maximum atomic E-state index is 5.94. The minimum Gasteiger partial charge on any atom is -0.488 e. The van der Waals surface area contributed by atoms with Crippen LogP contribution in [-0.4, -0.2) is 31.7 Å². The first-order chi connectivity index (χ1) is 10.3. The Hall–Kier alpha value is -0.980. The van der Waals surface area contributed by atoms with Crippen LogP contribution < -0.4 is 15.4 Å². The average Bonchev–Trinajstić information content (AvgIpc) is 3.09. The van der Waals surface area contributed by atoms with Crippen molar-refractivity contribution in [2.24, 2.45) is 10.9 Å². The van der Waals surface area contributed by atoms with Gasteiger partial charge in [0.25, 0.3) is 0 Å². The van der Waals surface area contributed by atoms with Gasteiger partial charge in [0.15, 0.2) is 5.96 Å². The Labute approximate surface area is 150 Å². The quantitative estimate of drug-likeness (QED) is 0.442. The second-order valence-electron chi connectivity index (χ2n) is 6.04. The van der Waals surface area contributed by atoms with Gasteiger partial charge in [0, 0.05) is 19.5 Å². The topological polar surface area (TPSA) is 45.7 Å². The van der Waals surface area contributed by atoms with Gasteiger partial charge in [0.1, 0.15) is 11.9 Å². The Bertz CT molecular complexity index is 495. The molecule has 1 fully saturated rings. The number of fused-ring (bicyclic) bond motifs is 1. The molecule has 2 N–H and O–H groups in total. The predicted molar refractivity (Wildman–Crippen MR) is 101 cm³/mol. The molecule has 2 aliphatic rings.